The second-order valence-corrected chi connectivity index (χ2v) is 10.8. The summed E-state index contributed by atoms with van der Waals surface area (Å²) >= 11 is 1.90. The van der Waals surface area contributed by atoms with Crippen LogP contribution >= 0.6 is 22.6 Å². The molecule has 2 heterocycles. The zero-order valence-electron chi connectivity index (χ0n) is 20.1. The Balaban J connectivity index is 1.61. The summed E-state index contributed by atoms with van der Waals surface area (Å²) in [6.07, 6.45) is 3.38. The van der Waals surface area contributed by atoms with Gasteiger partial charge in [0.2, 0.25) is 0 Å². The normalized spacial score (nSPS) is 20.7. The van der Waals surface area contributed by atoms with Crippen molar-refractivity contribution in [1.82, 2.24) is 13.9 Å². The summed E-state index contributed by atoms with van der Waals surface area (Å²) in [5.41, 5.74) is 3.15. The van der Waals surface area contributed by atoms with Crippen molar-refractivity contribution in [1.29, 1.82) is 0 Å². The van der Waals surface area contributed by atoms with Crippen LogP contribution in [0.25, 0.3) is 5.69 Å². The van der Waals surface area contributed by atoms with Crippen molar-refractivity contribution < 1.29 is 14.7 Å². The number of ketones is 2. The summed E-state index contributed by atoms with van der Waals surface area (Å²) in [5, 5.41) is 10.4. The molecule has 1 aliphatic heterocycles. The third kappa shape index (κ3) is 3.40. The lowest BCUT2D eigenvalue weighted by Gasteiger charge is -2.39. The maximum absolute atomic E-state index is 13.7. The molecule has 6 rings (SSSR count). The van der Waals surface area contributed by atoms with Gasteiger partial charge < -0.3 is 5.11 Å². The number of carbonyl (C=O) groups excluding carboxylic acids is 2. The lowest BCUT2D eigenvalue weighted by atomic mass is 9.68. The van der Waals surface area contributed by atoms with E-state index in [0.717, 1.165) is 15.7 Å². The minimum Gasteiger partial charge on any atom is -0.507 e. The van der Waals surface area contributed by atoms with E-state index in [4.69, 9.17) is 0 Å². The number of nitrogens with zero attached hydrogens (tertiary/aromatic N) is 3. The van der Waals surface area contributed by atoms with Crippen molar-refractivity contribution in [2.24, 2.45) is 0 Å². The number of aromatic hydroxyl groups is 1. The van der Waals surface area contributed by atoms with Gasteiger partial charge in [-0.25, -0.2) is 23.5 Å². The number of para-hydroxylation sites is 1. The van der Waals surface area contributed by atoms with Gasteiger partial charge in [-0.2, -0.15) is 0 Å². The molecule has 0 bridgehead atoms. The molecule has 2 unspecified atom stereocenters. The fourth-order valence-electron chi connectivity index (χ4n) is 5.80. The summed E-state index contributed by atoms with van der Waals surface area (Å²) in [6.45, 7) is 3.73. The quantitative estimate of drug-likeness (QED) is 0.273. The second-order valence-electron chi connectivity index (χ2n) is 9.60. The molecule has 3 aliphatic rings. The zero-order valence-corrected chi connectivity index (χ0v) is 22.2. The minimum atomic E-state index is -0.613. The molecule has 0 amide bonds. The average Bonchev–Trinajstić information content (AvgIpc) is 3.14. The maximum Gasteiger partial charge on any atom is 0.352 e. The van der Waals surface area contributed by atoms with Crippen molar-refractivity contribution in [3.63, 3.8) is 0 Å². The molecule has 0 saturated heterocycles. The van der Waals surface area contributed by atoms with Crippen LogP contribution in [0.5, 0.6) is 5.75 Å². The molecule has 2 atom stereocenters. The summed E-state index contributed by atoms with van der Waals surface area (Å²) in [6, 6.07) is 11.8. The van der Waals surface area contributed by atoms with Crippen molar-refractivity contribution in [3.8, 4) is 11.4 Å². The minimum absolute atomic E-state index is 0.136. The number of carbonyl (C=O) groups is 2. The van der Waals surface area contributed by atoms with E-state index in [1.54, 1.807) is 38.1 Å². The Morgan fingerprint density at radius 3 is 2.32 bits per heavy atom. The highest BCUT2D eigenvalue weighted by Crippen LogP contribution is 2.50. The van der Waals surface area contributed by atoms with Gasteiger partial charge >= 0.3 is 11.4 Å². The van der Waals surface area contributed by atoms with E-state index in [1.165, 1.54) is 15.4 Å². The Hall–Kier alpha value is -3.73. The van der Waals surface area contributed by atoms with Crippen LogP contribution in [0.3, 0.4) is 0 Å². The van der Waals surface area contributed by atoms with Crippen LogP contribution in [0.1, 0.15) is 35.1 Å². The lowest BCUT2D eigenvalue weighted by molar-refractivity contribution is -0.115. The number of halogens is 1. The van der Waals surface area contributed by atoms with Crippen molar-refractivity contribution in [2.75, 3.05) is 0 Å². The molecular formula is C28H22IN3O5. The Bertz CT molecular complexity index is 1730. The first-order chi connectivity index (χ1) is 17.7. The van der Waals surface area contributed by atoms with Gasteiger partial charge in [-0.3, -0.25) is 9.59 Å². The molecule has 0 fully saturated rings. The highest BCUT2D eigenvalue weighted by atomic mass is 127. The third-order valence-electron chi connectivity index (χ3n) is 7.46. The Kier molecular flexibility index (Phi) is 5.37. The zero-order chi connectivity index (χ0) is 26.2. The Morgan fingerprint density at radius 1 is 0.973 bits per heavy atom. The van der Waals surface area contributed by atoms with Crippen LogP contribution in [0, 0.1) is 13.8 Å². The molecule has 9 heteroatoms. The maximum atomic E-state index is 13.7. The topological polar surface area (TPSA) is 103 Å². The molecule has 2 aromatic carbocycles. The van der Waals surface area contributed by atoms with E-state index >= 15 is 0 Å². The van der Waals surface area contributed by atoms with Gasteiger partial charge in [0.1, 0.15) is 5.75 Å². The Morgan fingerprint density at radius 2 is 1.65 bits per heavy atom. The van der Waals surface area contributed by atoms with E-state index in [0.29, 0.717) is 31.5 Å². The second kappa shape index (κ2) is 8.41. The largest absolute Gasteiger partial charge is 0.507 e. The molecular weight excluding hydrogens is 585 g/mol. The van der Waals surface area contributed by atoms with Crippen LogP contribution < -0.4 is 11.4 Å². The molecule has 0 saturated carbocycles. The lowest BCUT2D eigenvalue weighted by Crippen LogP contribution is -2.40. The molecule has 37 heavy (non-hydrogen) atoms. The van der Waals surface area contributed by atoms with Gasteiger partial charge in [0.25, 0.3) is 0 Å². The number of hydrogen-bond acceptors (Lipinski definition) is 5. The molecule has 0 spiro atoms. The highest BCUT2D eigenvalue weighted by Gasteiger charge is 2.45. The fourth-order valence-corrected chi connectivity index (χ4v) is 6.38. The van der Waals surface area contributed by atoms with Crippen LogP contribution in [-0.4, -0.2) is 30.6 Å². The van der Waals surface area contributed by atoms with Crippen molar-refractivity contribution >= 4 is 34.2 Å². The van der Waals surface area contributed by atoms with Crippen LogP contribution in [0.15, 0.2) is 84.5 Å². The summed E-state index contributed by atoms with van der Waals surface area (Å²) in [5.74, 6) is -0.878. The van der Waals surface area contributed by atoms with Gasteiger partial charge in [-0.05, 0) is 70.8 Å². The van der Waals surface area contributed by atoms with Gasteiger partial charge in [-0.15, -0.1) is 0 Å². The molecule has 1 aromatic heterocycles. The predicted octanol–water partition coefficient (Wildman–Crippen LogP) is 3.56. The summed E-state index contributed by atoms with van der Waals surface area (Å²) in [7, 11) is 0. The first-order valence-corrected chi connectivity index (χ1v) is 13.0. The SMILES string of the molecule is Cc1cc(C2C3=CCn4c(=O)n(-c5ccccc5)c(=O)n4C3CC3=C2C(=O)C(I)=CC3=O)cc(C)c1O. The number of phenolic OH excluding ortho intramolecular Hbond substituents is 1. The smallest absolute Gasteiger partial charge is 0.352 e. The molecule has 8 nitrogen and oxygen atoms in total. The first-order valence-electron chi connectivity index (χ1n) is 11.9. The number of hydrogen-bond donors (Lipinski definition) is 1. The van der Waals surface area contributed by atoms with Gasteiger partial charge in [0.05, 0.1) is 21.9 Å². The number of rotatable bonds is 2. The molecule has 186 valence electrons. The van der Waals surface area contributed by atoms with E-state index in [9.17, 15) is 24.3 Å². The highest BCUT2D eigenvalue weighted by molar-refractivity contribution is 14.1. The number of aryl methyl sites for hydroxylation is 2. The van der Waals surface area contributed by atoms with E-state index in [-0.39, 0.29) is 30.3 Å². The van der Waals surface area contributed by atoms with Crippen LogP contribution in [0.4, 0.5) is 0 Å². The van der Waals surface area contributed by atoms with E-state index < -0.39 is 23.3 Å². The van der Waals surface area contributed by atoms with Crippen molar-refractivity contribution in [2.45, 2.75) is 38.8 Å². The molecule has 3 aromatic rings. The fraction of sp³-hybridized carbons (Fsp3) is 0.214. The standard InChI is InChI=1S/C28H22IN3O5/c1-14-10-16(11-15(2)25(14)34)23-18-8-9-30-27(36)31(17-6-4-3-5-7-17)28(37)32(30)21(18)12-19-22(33)13-20(29)26(35)24(19)23/h3-8,10-11,13,21,23,34H,9,12H2,1-2H3. The average molecular weight is 607 g/mol. The van der Waals surface area contributed by atoms with E-state index in [2.05, 4.69) is 0 Å². The summed E-state index contributed by atoms with van der Waals surface area (Å²) in [4.78, 5) is 53.7. The Labute approximate surface area is 225 Å². The first kappa shape index (κ1) is 23.7. The number of benzene rings is 2. The van der Waals surface area contributed by atoms with E-state index in [1.807, 2.05) is 46.9 Å². The number of aromatic nitrogens is 3. The number of fused-ring (bicyclic) bond motifs is 3. The number of allylic oxidation sites excluding steroid dienone is 6. The predicted molar refractivity (Wildman–Crippen MR) is 145 cm³/mol. The third-order valence-corrected chi connectivity index (χ3v) is 8.26. The van der Waals surface area contributed by atoms with Gasteiger partial charge in [-0.1, -0.05) is 36.4 Å². The monoisotopic (exact) mass is 607 g/mol. The van der Waals surface area contributed by atoms with Gasteiger partial charge in [0, 0.05) is 29.6 Å². The summed E-state index contributed by atoms with van der Waals surface area (Å²) < 4.78 is 4.32. The molecule has 0 radical (unpaired) electrons. The number of phenols is 1. The van der Waals surface area contributed by atoms with Crippen molar-refractivity contribution in [3.05, 3.63) is 113 Å². The van der Waals surface area contributed by atoms with Crippen LogP contribution in [-0.2, 0) is 16.1 Å². The van der Waals surface area contributed by atoms with Gasteiger partial charge in [0.15, 0.2) is 11.6 Å². The molecule has 1 N–H and O–H groups in total. The molecule has 2 aliphatic carbocycles. The van der Waals surface area contributed by atoms with Crippen LogP contribution in [0.2, 0.25) is 0 Å². The number of Topliss-reactive ketones (excluding diaryl/α,β-unsaturated/α-hetero) is 1.